The number of carbonyl (C=O) groups is 1. The lowest BCUT2D eigenvalue weighted by atomic mass is 9.97. The van der Waals surface area contributed by atoms with Gasteiger partial charge in [0.25, 0.3) is 0 Å². The number of rotatable bonds is 3. The van der Waals surface area contributed by atoms with E-state index in [4.69, 9.17) is 10.8 Å². The molecule has 0 aromatic rings. The predicted molar refractivity (Wildman–Crippen MR) is 45.2 cm³/mol. The molecule has 7 heteroatoms. The Bertz CT molecular complexity index is 227. The number of hydrogen-bond donors (Lipinski definition) is 2. The van der Waals surface area contributed by atoms with E-state index >= 15 is 0 Å². The Labute approximate surface area is 84.9 Å². The fourth-order valence-electron chi connectivity index (χ4n) is 1.26. The molecule has 0 aliphatic heterocycles. The molecule has 1 rings (SSSR count). The average molecular weight is 234 g/mol. The molecule has 0 aromatic heterocycles. The molecule has 0 radical (unpaired) electrons. The summed E-state index contributed by atoms with van der Waals surface area (Å²) in [5, 5.41) is 8.35. The Balaban J connectivity index is 0.00000169. The van der Waals surface area contributed by atoms with Crippen LogP contribution in [-0.4, -0.2) is 23.3 Å². The largest absolute Gasteiger partial charge is 0.480 e. The van der Waals surface area contributed by atoms with Crippen LogP contribution in [0.3, 0.4) is 0 Å². The first-order valence-corrected chi connectivity index (χ1v) is 3.84. The number of carboxylic acid groups (broad SMARTS) is 1. The van der Waals surface area contributed by atoms with Crippen LogP contribution >= 0.6 is 12.4 Å². The van der Waals surface area contributed by atoms with Crippen molar-refractivity contribution in [1.29, 1.82) is 0 Å². The van der Waals surface area contributed by atoms with Crippen molar-refractivity contribution in [3.8, 4) is 0 Å². The summed E-state index contributed by atoms with van der Waals surface area (Å²) in [5.41, 5.74) is 3.23. The third kappa shape index (κ3) is 2.51. The second-order valence-corrected chi connectivity index (χ2v) is 3.43. The lowest BCUT2D eigenvalue weighted by Gasteiger charge is -2.20. The highest BCUT2D eigenvalue weighted by Crippen LogP contribution is 2.60. The minimum Gasteiger partial charge on any atom is -0.480 e. The molecule has 14 heavy (non-hydrogen) atoms. The molecule has 84 valence electrons. The van der Waals surface area contributed by atoms with E-state index in [-0.39, 0.29) is 25.2 Å². The monoisotopic (exact) mass is 233 g/mol. The molecule has 1 aliphatic rings. The van der Waals surface area contributed by atoms with Crippen LogP contribution in [0.25, 0.3) is 0 Å². The first-order valence-electron chi connectivity index (χ1n) is 3.84. The molecule has 3 N–H and O–H groups in total. The van der Waals surface area contributed by atoms with Gasteiger partial charge in [-0.05, 0) is 19.3 Å². The summed E-state index contributed by atoms with van der Waals surface area (Å²) >= 11 is 0. The number of carboxylic acids is 1. The molecule has 1 fully saturated rings. The minimum atomic E-state index is -4.32. The maximum Gasteiger partial charge on any atom is 0.394 e. The summed E-state index contributed by atoms with van der Waals surface area (Å²) in [5.74, 6) is -1.38. The summed E-state index contributed by atoms with van der Waals surface area (Å²) in [7, 11) is 0. The van der Waals surface area contributed by atoms with E-state index in [0.29, 0.717) is 0 Å². The lowest BCUT2D eigenvalue weighted by molar-refractivity contribution is -0.190. The molecule has 0 bridgehead atoms. The van der Waals surface area contributed by atoms with Gasteiger partial charge in [0.2, 0.25) is 0 Å². The fourth-order valence-corrected chi connectivity index (χ4v) is 1.26. The van der Waals surface area contributed by atoms with Gasteiger partial charge in [-0.25, -0.2) is 0 Å². The number of halogens is 4. The topological polar surface area (TPSA) is 63.3 Å². The molecule has 0 spiro atoms. The van der Waals surface area contributed by atoms with Gasteiger partial charge in [0.1, 0.15) is 6.04 Å². The predicted octanol–water partition coefficient (Wildman–Crippen LogP) is 1.55. The second-order valence-electron chi connectivity index (χ2n) is 3.43. The van der Waals surface area contributed by atoms with Crippen molar-refractivity contribution < 1.29 is 23.1 Å². The summed E-state index contributed by atoms with van der Waals surface area (Å²) in [6.45, 7) is 0. The number of aliphatic carboxylic acids is 1. The molecular formula is C7H11ClF3NO2. The second kappa shape index (κ2) is 3.94. The zero-order chi connectivity index (χ0) is 10.3. The lowest BCUT2D eigenvalue weighted by Crippen LogP contribution is -2.37. The van der Waals surface area contributed by atoms with Gasteiger partial charge in [0, 0.05) is 0 Å². The highest BCUT2D eigenvalue weighted by Gasteiger charge is 2.63. The molecule has 0 heterocycles. The van der Waals surface area contributed by atoms with Crippen molar-refractivity contribution in [2.24, 2.45) is 11.1 Å². The van der Waals surface area contributed by atoms with Gasteiger partial charge in [-0.1, -0.05) is 0 Å². The first kappa shape index (κ1) is 13.5. The van der Waals surface area contributed by atoms with Crippen LogP contribution in [0.2, 0.25) is 0 Å². The smallest absolute Gasteiger partial charge is 0.394 e. The molecule has 0 amide bonds. The Morgan fingerprint density at radius 3 is 2.14 bits per heavy atom. The molecule has 1 saturated carbocycles. The first-order chi connectivity index (χ1) is 5.78. The Morgan fingerprint density at radius 2 is 1.93 bits per heavy atom. The van der Waals surface area contributed by atoms with Gasteiger partial charge in [-0.3, -0.25) is 4.79 Å². The quantitative estimate of drug-likeness (QED) is 0.778. The zero-order valence-electron chi connectivity index (χ0n) is 7.17. The van der Waals surface area contributed by atoms with Crippen molar-refractivity contribution in [2.75, 3.05) is 0 Å². The molecule has 3 nitrogen and oxygen atoms in total. The maximum atomic E-state index is 12.3. The van der Waals surface area contributed by atoms with E-state index in [0.717, 1.165) is 0 Å². The van der Waals surface area contributed by atoms with Gasteiger partial charge in [0.05, 0.1) is 5.41 Å². The maximum absolute atomic E-state index is 12.3. The molecule has 0 saturated heterocycles. The number of alkyl halides is 3. The van der Waals surface area contributed by atoms with Crippen LogP contribution in [-0.2, 0) is 4.79 Å². The summed E-state index contributed by atoms with van der Waals surface area (Å²) in [4.78, 5) is 10.2. The van der Waals surface area contributed by atoms with Crippen LogP contribution in [0.1, 0.15) is 19.3 Å². The summed E-state index contributed by atoms with van der Waals surface area (Å²) in [6.07, 6.45) is -4.83. The highest BCUT2D eigenvalue weighted by atomic mass is 35.5. The van der Waals surface area contributed by atoms with Crippen LogP contribution < -0.4 is 5.73 Å². The molecule has 1 atom stereocenters. The Hall–Kier alpha value is -0.490. The third-order valence-corrected chi connectivity index (χ3v) is 2.38. The van der Waals surface area contributed by atoms with Crippen LogP contribution in [0.4, 0.5) is 13.2 Å². The molecule has 1 aliphatic carbocycles. The van der Waals surface area contributed by atoms with Crippen LogP contribution in [0, 0.1) is 5.41 Å². The van der Waals surface area contributed by atoms with E-state index < -0.39 is 30.0 Å². The van der Waals surface area contributed by atoms with Crippen molar-refractivity contribution in [3.05, 3.63) is 0 Å². The summed E-state index contributed by atoms with van der Waals surface area (Å²) in [6, 6.07) is -1.41. The van der Waals surface area contributed by atoms with Crippen LogP contribution in [0.15, 0.2) is 0 Å². The van der Waals surface area contributed by atoms with Crippen molar-refractivity contribution in [2.45, 2.75) is 31.5 Å². The van der Waals surface area contributed by atoms with Gasteiger partial charge in [0.15, 0.2) is 0 Å². The average Bonchev–Trinajstić information content (AvgIpc) is 2.66. The van der Waals surface area contributed by atoms with E-state index in [9.17, 15) is 18.0 Å². The molecule has 0 aromatic carbocycles. The summed E-state index contributed by atoms with van der Waals surface area (Å²) < 4.78 is 36.8. The minimum absolute atomic E-state index is 0. The third-order valence-electron chi connectivity index (χ3n) is 2.38. The highest BCUT2D eigenvalue weighted by molar-refractivity contribution is 5.85. The fraction of sp³-hybridized carbons (Fsp3) is 0.857. The van der Waals surface area contributed by atoms with E-state index in [2.05, 4.69) is 0 Å². The SMILES string of the molecule is Cl.NC(CC1(C(F)(F)F)CC1)C(=O)O. The van der Waals surface area contributed by atoms with Gasteiger partial charge in [-0.15, -0.1) is 12.4 Å². The van der Waals surface area contributed by atoms with Crippen molar-refractivity contribution in [1.82, 2.24) is 0 Å². The standard InChI is InChI=1S/C7H10F3NO2.ClH/c8-7(9,10)6(1-2-6)3-4(11)5(12)13;/h4H,1-3,11H2,(H,12,13);1H. The van der Waals surface area contributed by atoms with Gasteiger partial charge >= 0.3 is 12.1 Å². The number of nitrogens with two attached hydrogens (primary N) is 1. The van der Waals surface area contributed by atoms with Crippen molar-refractivity contribution >= 4 is 18.4 Å². The normalized spacial score (nSPS) is 20.9. The zero-order valence-corrected chi connectivity index (χ0v) is 7.99. The Morgan fingerprint density at radius 1 is 1.50 bits per heavy atom. The molecule has 1 unspecified atom stereocenters. The van der Waals surface area contributed by atoms with Gasteiger partial charge < -0.3 is 10.8 Å². The van der Waals surface area contributed by atoms with E-state index in [1.807, 2.05) is 0 Å². The van der Waals surface area contributed by atoms with Crippen molar-refractivity contribution in [3.63, 3.8) is 0 Å². The Kier molecular flexibility index (Phi) is 3.80. The van der Waals surface area contributed by atoms with E-state index in [1.54, 1.807) is 0 Å². The van der Waals surface area contributed by atoms with Crippen LogP contribution in [0.5, 0.6) is 0 Å². The molecular weight excluding hydrogens is 223 g/mol. The van der Waals surface area contributed by atoms with Gasteiger partial charge in [-0.2, -0.15) is 13.2 Å². The van der Waals surface area contributed by atoms with E-state index in [1.165, 1.54) is 0 Å². The number of hydrogen-bond acceptors (Lipinski definition) is 2.